The standard InChI is InChI=1S/C29H24N4OS/c1-28(26(34)33-27-32-20(15-35-27)14-18-10-12-19(31)13-11-18)16-29(17-30)23-8-4-2-6-21(23)25(28)22-7-3-5-9-24(22)29/h2-13,15,25H,14,16,31H2,1H3,(H,32,33,34). The van der Waals surface area contributed by atoms with Gasteiger partial charge in [-0.1, -0.05) is 60.7 Å². The number of nitrogens with two attached hydrogens (primary N) is 1. The number of benzene rings is 3. The van der Waals surface area contributed by atoms with E-state index in [1.807, 2.05) is 73.0 Å². The van der Waals surface area contributed by atoms with Crippen molar-refractivity contribution in [2.45, 2.75) is 31.1 Å². The lowest BCUT2D eigenvalue weighted by Crippen LogP contribution is -2.53. The minimum Gasteiger partial charge on any atom is -0.399 e. The molecule has 3 aromatic carbocycles. The second-order valence-electron chi connectivity index (χ2n) is 9.74. The second-order valence-corrected chi connectivity index (χ2v) is 10.6. The van der Waals surface area contributed by atoms with Crippen LogP contribution in [0, 0.1) is 16.7 Å². The number of nitrogen functional groups attached to an aromatic ring is 1. The third-order valence-corrected chi connectivity index (χ3v) is 8.39. The maximum Gasteiger partial charge on any atom is 0.233 e. The monoisotopic (exact) mass is 476 g/mol. The van der Waals surface area contributed by atoms with Crippen LogP contribution < -0.4 is 11.1 Å². The summed E-state index contributed by atoms with van der Waals surface area (Å²) in [6.45, 7) is 1.99. The van der Waals surface area contributed by atoms with Crippen molar-refractivity contribution < 1.29 is 4.79 Å². The number of anilines is 2. The van der Waals surface area contributed by atoms with Crippen molar-refractivity contribution in [3.63, 3.8) is 0 Å². The Bertz CT molecular complexity index is 1450. The minimum atomic E-state index is -0.850. The number of aromatic nitrogens is 1. The van der Waals surface area contributed by atoms with Crippen LogP contribution in [0.15, 0.2) is 78.2 Å². The first-order chi connectivity index (χ1) is 16.9. The van der Waals surface area contributed by atoms with Gasteiger partial charge in [0.2, 0.25) is 5.91 Å². The SMILES string of the molecule is CC1(C(=O)Nc2nc(Cc3ccc(N)cc3)cs2)CC2(C#N)c3ccccc3C1c1ccccc12. The molecule has 172 valence electrons. The largest absolute Gasteiger partial charge is 0.399 e. The van der Waals surface area contributed by atoms with E-state index in [0.717, 1.165) is 39.2 Å². The Labute approximate surface area is 208 Å². The van der Waals surface area contributed by atoms with Gasteiger partial charge in [0.25, 0.3) is 0 Å². The Hall–Kier alpha value is -3.95. The summed E-state index contributed by atoms with van der Waals surface area (Å²) in [5, 5.41) is 16.2. The van der Waals surface area contributed by atoms with Crippen LogP contribution in [-0.4, -0.2) is 10.9 Å². The van der Waals surface area contributed by atoms with Gasteiger partial charge in [0.1, 0.15) is 5.41 Å². The number of carbonyl (C=O) groups excluding carboxylic acids is 1. The van der Waals surface area contributed by atoms with Crippen LogP contribution in [0.4, 0.5) is 10.8 Å². The summed E-state index contributed by atoms with van der Waals surface area (Å²) < 4.78 is 0. The number of rotatable bonds is 4. The first-order valence-corrected chi connectivity index (χ1v) is 12.5. The van der Waals surface area contributed by atoms with Gasteiger partial charge >= 0.3 is 0 Å². The summed E-state index contributed by atoms with van der Waals surface area (Å²) in [7, 11) is 0. The zero-order chi connectivity index (χ0) is 24.2. The van der Waals surface area contributed by atoms with Crippen LogP contribution in [0.3, 0.4) is 0 Å². The van der Waals surface area contributed by atoms with Gasteiger partial charge in [-0.15, -0.1) is 11.3 Å². The molecule has 3 N–H and O–H groups in total. The van der Waals surface area contributed by atoms with Gasteiger partial charge in [-0.2, -0.15) is 5.26 Å². The molecule has 1 unspecified atom stereocenters. The molecule has 0 fully saturated rings. The summed E-state index contributed by atoms with van der Waals surface area (Å²) in [6, 6.07) is 26.5. The van der Waals surface area contributed by atoms with Crippen LogP contribution >= 0.6 is 11.3 Å². The van der Waals surface area contributed by atoms with E-state index in [2.05, 4.69) is 28.5 Å². The third-order valence-electron chi connectivity index (χ3n) is 7.58. The smallest absolute Gasteiger partial charge is 0.233 e. The predicted molar refractivity (Wildman–Crippen MR) is 138 cm³/mol. The number of fused-ring (bicyclic) bond motifs is 1. The number of hydrogen-bond donors (Lipinski definition) is 2. The molecule has 0 radical (unpaired) electrons. The molecule has 0 aliphatic heterocycles. The van der Waals surface area contributed by atoms with E-state index < -0.39 is 10.8 Å². The van der Waals surface area contributed by atoms with E-state index in [4.69, 9.17) is 5.73 Å². The van der Waals surface area contributed by atoms with Crippen LogP contribution in [0.2, 0.25) is 0 Å². The Balaban J connectivity index is 1.34. The van der Waals surface area contributed by atoms with Crippen molar-refractivity contribution in [1.29, 1.82) is 5.26 Å². The Morgan fingerprint density at radius 3 is 2.34 bits per heavy atom. The fraction of sp³-hybridized carbons (Fsp3) is 0.207. The second kappa shape index (κ2) is 7.79. The van der Waals surface area contributed by atoms with E-state index in [9.17, 15) is 10.1 Å². The number of hydrogen-bond acceptors (Lipinski definition) is 5. The molecule has 3 aliphatic rings. The number of nitrogens with zero attached hydrogens (tertiary/aromatic N) is 2. The highest BCUT2D eigenvalue weighted by Gasteiger charge is 2.61. The predicted octanol–water partition coefficient (Wildman–Crippen LogP) is 5.62. The summed E-state index contributed by atoms with van der Waals surface area (Å²) in [5.74, 6) is -0.223. The molecule has 7 rings (SSSR count). The van der Waals surface area contributed by atoms with Gasteiger partial charge in [0.15, 0.2) is 5.13 Å². The van der Waals surface area contributed by atoms with Gasteiger partial charge in [-0.3, -0.25) is 4.79 Å². The quantitative estimate of drug-likeness (QED) is 0.374. The highest BCUT2D eigenvalue weighted by Crippen LogP contribution is 2.63. The molecule has 0 saturated heterocycles. The minimum absolute atomic E-state index is 0.0977. The third kappa shape index (κ3) is 3.19. The molecule has 0 saturated carbocycles. The first-order valence-electron chi connectivity index (χ1n) is 11.6. The highest BCUT2D eigenvalue weighted by atomic mass is 32.1. The molecule has 0 spiro atoms. The summed E-state index contributed by atoms with van der Waals surface area (Å²) in [4.78, 5) is 18.6. The van der Waals surface area contributed by atoms with Crippen LogP contribution in [0.25, 0.3) is 0 Å². The average molecular weight is 477 g/mol. The molecule has 35 heavy (non-hydrogen) atoms. The number of thiazole rings is 1. The van der Waals surface area contributed by atoms with Crippen LogP contribution in [0.1, 0.15) is 52.8 Å². The van der Waals surface area contributed by atoms with Crippen LogP contribution in [0.5, 0.6) is 0 Å². The Morgan fingerprint density at radius 1 is 1.09 bits per heavy atom. The number of amides is 1. The van der Waals surface area contributed by atoms with E-state index in [1.54, 1.807) is 0 Å². The van der Waals surface area contributed by atoms with Crippen molar-refractivity contribution in [1.82, 2.24) is 4.98 Å². The highest BCUT2D eigenvalue weighted by molar-refractivity contribution is 7.13. The molecular formula is C29H24N4OS. The average Bonchev–Trinajstić information content (AvgIpc) is 3.32. The number of carbonyl (C=O) groups is 1. The lowest BCUT2D eigenvalue weighted by Gasteiger charge is -2.54. The molecule has 6 heteroatoms. The molecule has 1 atom stereocenters. The van der Waals surface area contributed by atoms with Crippen LogP contribution in [-0.2, 0) is 16.6 Å². The van der Waals surface area contributed by atoms with Crippen molar-refractivity contribution in [3.8, 4) is 6.07 Å². The maximum atomic E-state index is 13.9. The fourth-order valence-corrected chi connectivity index (χ4v) is 6.72. The van der Waals surface area contributed by atoms with Gasteiger partial charge in [-0.25, -0.2) is 4.98 Å². The van der Waals surface area contributed by atoms with Gasteiger partial charge < -0.3 is 11.1 Å². The zero-order valence-electron chi connectivity index (χ0n) is 19.3. The number of nitriles is 1. The Morgan fingerprint density at radius 2 is 1.71 bits per heavy atom. The lowest BCUT2D eigenvalue weighted by molar-refractivity contribution is -0.127. The van der Waals surface area contributed by atoms with Crippen molar-refractivity contribution in [2.24, 2.45) is 5.41 Å². The van der Waals surface area contributed by atoms with Crippen molar-refractivity contribution in [2.75, 3.05) is 11.1 Å². The summed E-state index contributed by atoms with van der Waals surface area (Å²) in [6.07, 6.45) is 1.11. The fourth-order valence-electron chi connectivity index (χ4n) is 6.02. The van der Waals surface area contributed by atoms with E-state index in [-0.39, 0.29) is 11.8 Å². The molecule has 3 aliphatic carbocycles. The van der Waals surface area contributed by atoms with Gasteiger partial charge in [0, 0.05) is 23.4 Å². The molecule has 1 aromatic heterocycles. The summed E-state index contributed by atoms with van der Waals surface area (Å²) >= 11 is 1.43. The Kier molecular flexibility index (Phi) is 4.80. The first kappa shape index (κ1) is 21.6. The van der Waals surface area contributed by atoms with E-state index in [1.165, 1.54) is 11.3 Å². The van der Waals surface area contributed by atoms with Gasteiger partial charge in [-0.05, 0) is 53.3 Å². The summed E-state index contributed by atoms with van der Waals surface area (Å²) in [5.41, 5.74) is 11.1. The topological polar surface area (TPSA) is 91.8 Å². The lowest BCUT2D eigenvalue weighted by atomic mass is 9.47. The molecule has 1 heterocycles. The molecule has 4 aromatic rings. The number of nitrogens with one attached hydrogen (secondary N) is 1. The van der Waals surface area contributed by atoms with Gasteiger partial charge in [0.05, 0.1) is 17.2 Å². The molecule has 2 bridgehead atoms. The normalized spacial score (nSPS) is 23.7. The molecular weight excluding hydrogens is 452 g/mol. The maximum absolute atomic E-state index is 13.9. The zero-order valence-corrected chi connectivity index (χ0v) is 20.1. The van der Waals surface area contributed by atoms with Crippen molar-refractivity contribution >= 4 is 28.1 Å². The van der Waals surface area contributed by atoms with E-state index >= 15 is 0 Å². The molecule has 5 nitrogen and oxygen atoms in total. The molecule has 1 amide bonds. The van der Waals surface area contributed by atoms with E-state index in [0.29, 0.717) is 18.0 Å². The van der Waals surface area contributed by atoms with Crippen molar-refractivity contribution in [3.05, 3.63) is 112 Å².